The third-order valence-corrected chi connectivity index (χ3v) is 4.25. The van der Waals surface area contributed by atoms with Gasteiger partial charge in [0.1, 0.15) is 0 Å². The zero-order valence-electron chi connectivity index (χ0n) is 10.4. The number of rotatable bonds is 2. The summed E-state index contributed by atoms with van der Waals surface area (Å²) in [5, 5.41) is 0. The molecule has 1 aromatic rings. The molecule has 0 saturated carbocycles. The van der Waals surface area contributed by atoms with Gasteiger partial charge in [0.15, 0.2) is 0 Å². The molecule has 16 heavy (non-hydrogen) atoms. The van der Waals surface area contributed by atoms with Crippen LogP contribution < -0.4 is 0 Å². The summed E-state index contributed by atoms with van der Waals surface area (Å²) < 4.78 is 1.04. The summed E-state index contributed by atoms with van der Waals surface area (Å²) in [5.41, 5.74) is 1.26. The molecule has 1 rings (SSSR count). The molecule has 0 aromatic carbocycles. The lowest BCUT2D eigenvalue weighted by molar-refractivity contribution is 0.0750. The van der Waals surface area contributed by atoms with E-state index in [-0.39, 0.29) is 11.3 Å². The fourth-order valence-corrected chi connectivity index (χ4v) is 3.07. The maximum Gasteiger partial charge on any atom is 0.263 e. The van der Waals surface area contributed by atoms with Crippen molar-refractivity contribution in [3.8, 4) is 0 Å². The van der Waals surface area contributed by atoms with Crippen LogP contribution in [0.4, 0.5) is 0 Å². The highest BCUT2D eigenvalue weighted by molar-refractivity contribution is 9.11. The van der Waals surface area contributed by atoms with Crippen molar-refractivity contribution in [1.29, 1.82) is 0 Å². The maximum absolute atomic E-state index is 12.1. The lowest BCUT2D eigenvalue weighted by atomic mass is 9.96. The molecule has 4 heteroatoms. The number of amides is 1. The summed E-state index contributed by atoms with van der Waals surface area (Å²) in [7, 11) is 1.86. The molecule has 2 nitrogen and oxygen atoms in total. The molecule has 90 valence electrons. The van der Waals surface area contributed by atoms with Gasteiger partial charge in [-0.2, -0.15) is 0 Å². The average molecular weight is 304 g/mol. The molecule has 0 saturated heterocycles. The first kappa shape index (κ1) is 13.7. The third-order valence-electron chi connectivity index (χ3n) is 2.13. The van der Waals surface area contributed by atoms with Crippen LogP contribution in [0.25, 0.3) is 0 Å². The van der Waals surface area contributed by atoms with Gasteiger partial charge in [-0.1, -0.05) is 20.8 Å². The number of hydrogen-bond donors (Lipinski definition) is 0. The van der Waals surface area contributed by atoms with Crippen LogP contribution in [-0.2, 0) is 0 Å². The van der Waals surface area contributed by atoms with Crippen LogP contribution in [-0.4, -0.2) is 24.4 Å². The van der Waals surface area contributed by atoms with E-state index < -0.39 is 0 Å². The van der Waals surface area contributed by atoms with E-state index in [1.165, 1.54) is 11.3 Å². The second kappa shape index (κ2) is 4.88. The minimum absolute atomic E-state index is 0.105. The van der Waals surface area contributed by atoms with Crippen molar-refractivity contribution in [2.45, 2.75) is 27.7 Å². The molecule has 0 aliphatic carbocycles. The normalized spacial score (nSPS) is 11.6. The Hall–Kier alpha value is -0.350. The zero-order valence-corrected chi connectivity index (χ0v) is 12.8. The van der Waals surface area contributed by atoms with Crippen LogP contribution >= 0.6 is 27.3 Å². The van der Waals surface area contributed by atoms with Crippen molar-refractivity contribution >= 4 is 33.2 Å². The zero-order chi connectivity index (χ0) is 12.5. The van der Waals surface area contributed by atoms with E-state index in [1.54, 1.807) is 4.90 Å². The van der Waals surface area contributed by atoms with Crippen LogP contribution in [0.2, 0.25) is 0 Å². The fourth-order valence-electron chi connectivity index (χ4n) is 1.54. The summed E-state index contributed by atoms with van der Waals surface area (Å²) in [6, 6.07) is 1.94. The Morgan fingerprint density at radius 2 is 2.06 bits per heavy atom. The van der Waals surface area contributed by atoms with Crippen molar-refractivity contribution in [2.24, 2.45) is 5.41 Å². The summed E-state index contributed by atoms with van der Waals surface area (Å²) in [5.74, 6) is 0.105. The van der Waals surface area contributed by atoms with E-state index in [9.17, 15) is 4.79 Å². The molecule has 1 aromatic heterocycles. The molecule has 0 N–H and O–H groups in total. The number of thiophene rings is 1. The summed E-state index contributed by atoms with van der Waals surface area (Å²) in [6.45, 7) is 9.16. The van der Waals surface area contributed by atoms with Crippen molar-refractivity contribution in [2.75, 3.05) is 13.6 Å². The first-order valence-corrected chi connectivity index (χ1v) is 6.83. The second-order valence-corrected chi connectivity index (χ2v) is 7.66. The topological polar surface area (TPSA) is 20.3 Å². The Bertz CT molecular complexity index is 373. The van der Waals surface area contributed by atoms with E-state index in [0.29, 0.717) is 0 Å². The number of carbonyl (C=O) groups is 1. The molecular weight excluding hydrogens is 286 g/mol. The standard InChI is InChI=1S/C12H18BrNOS/c1-8-6-9(16-10(8)13)11(15)14(5)7-12(2,3)4/h6H,7H2,1-5H3. The molecular formula is C12H18BrNOS. The minimum Gasteiger partial charge on any atom is -0.340 e. The highest BCUT2D eigenvalue weighted by Crippen LogP contribution is 2.28. The van der Waals surface area contributed by atoms with Gasteiger partial charge in [-0.05, 0) is 39.9 Å². The van der Waals surface area contributed by atoms with E-state index in [0.717, 1.165) is 20.8 Å². The van der Waals surface area contributed by atoms with Gasteiger partial charge >= 0.3 is 0 Å². The summed E-state index contributed by atoms with van der Waals surface area (Å²) in [4.78, 5) is 14.7. The highest BCUT2D eigenvalue weighted by Gasteiger charge is 2.20. The lowest BCUT2D eigenvalue weighted by Crippen LogP contribution is -2.34. The number of carbonyl (C=O) groups excluding carboxylic acids is 1. The predicted octanol–water partition coefficient (Wildman–Crippen LogP) is 3.94. The van der Waals surface area contributed by atoms with Gasteiger partial charge in [0.05, 0.1) is 8.66 Å². The Labute approximate surface area is 110 Å². The molecule has 0 aliphatic heterocycles. The largest absolute Gasteiger partial charge is 0.340 e. The van der Waals surface area contributed by atoms with Gasteiger partial charge in [-0.25, -0.2) is 0 Å². The summed E-state index contributed by atoms with van der Waals surface area (Å²) >= 11 is 4.94. The Kier molecular flexibility index (Phi) is 4.18. The summed E-state index contributed by atoms with van der Waals surface area (Å²) in [6.07, 6.45) is 0. The molecule has 1 amide bonds. The molecule has 0 spiro atoms. The molecule has 0 atom stereocenters. The van der Waals surface area contributed by atoms with Crippen molar-refractivity contribution in [3.05, 3.63) is 20.3 Å². The van der Waals surface area contributed by atoms with Crippen LogP contribution in [0.3, 0.4) is 0 Å². The van der Waals surface area contributed by atoms with E-state index in [4.69, 9.17) is 0 Å². The first-order chi connectivity index (χ1) is 7.20. The molecule has 0 radical (unpaired) electrons. The Morgan fingerprint density at radius 1 is 1.50 bits per heavy atom. The van der Waals surface area contributed by atoms with Gasteiger partial charge in [0.2, 0.25) is 0 Å². The third kappa shape index (κ3) is 3.59. The van der Waals surface area contributed by atoms with E-state index in [2.05, 4.69) is 36.7 Å². The van der Waals surface area contributed by atoms with Gasteiger partial charge in [-0.3, -0.25) is 4.79 Å². The second-order valence-electron chi connectivity index (χ2n) is 5.29. The molecule has 0 bridgehead atoms. The fraction of sp³-hybridized carbons (Fsp3) is 0.583. The monoisotopic (exact) mass is 303 g/mol. The molecule has 1 heterocycles. The van der Waals surface area contributed by atoms with Gasteiger partial charge in [-0.15, -0.1) is 11.3 Å². The average Bonchev–Trinajstić information content (AvgIpc) is 2.43. The van der Waals surface area contributed by atoms with E-state index in [1.807, 2.05) is 20.0 Å². The van der Waals surface area contributed by atoms with Gasteiger partial charge < -0.3 is 4.90 Å². The number of nitrogens with zero attached hydrogens (tertiary/aromatic N) is 1. The van der Waals surface area contributed by atoms with Gasteiger partial charge in [0.25, 0.3) is 5.91 Å². The van der Waals surface area contributed by atoms with Crippen LogP contribution in [0.1, 0.15) is 36.0 Å². The Morgan fingerprint density at radius 3 is 2.44 bits per heavy atom. The maximum atomic E-state index is 12.1. The number of aryl methyl sites for hydroxylation is 1. The first-order valence-electron chi connectivity index (χ1n) is 5.22. The number of hydrogen-bond acceptors (Lipinski definition) is 2. The van der Waals surface area contributed by atoms with Crippen molar-refractivity contribution < 1.29 is 4.79 Å². The van der Waals surface area contributed by atoms with Crippen LogP contribution in [0, 0.1) is 12.3 Å². The highest BCUT2D eigenvalue weighted by atomic mass is 79.9. The molecule has 0 fully saturated rings. The lowest BCUT2D eigenvalue weighted by Gasteiger charge is -2.26. The molecule has 0 aliphatic rings. The van der Waals surface area contributed by atoms with E-state index >= 15 is 0 Å². The van der Waals surface area contributed by atoms with Crippen molar-refractivity contribution in [1.82, 2.24) is 4.90 Å². The SMILES string of the molecule is Cc1cc(C(=O)N(C)CC(C)(C)C)sc1Br. The minimum atomic E-state index is 0.105. The quantitative estimate of drug-likeness (QED) is 0.810. The van der Waals surface area contributed by atoms with Crippen molar-refractivity contribution in [3.63, 3.8) is 0 Å². The van der Waals surface area contributed by atoms with Crippen LogP contribution in [0.5, 0.6) is 0 Å². The Balaban J connectivity index is 2.78. The smallest absolute Gasteiger partial charge is 0.263 e. The van der Waals surface area contributed by atoms with Gasteiger partial charge in [0, 0.05) is 13.6 Å². The predicted molar refractivity (Wildman–Crippen MR) is 73.2 cm³/mol. The number of halogens is 1. The van der Waals surface area contributed by atoms with Crippen LogP contribution in [0.15, 0.2) is 9.85 Å². The molecule has 0 unspecified atom stereocenters.